The summed E-state index contributed by atoms with van der Waals surface area (Å²) in [5.74, 6) is 0.601. The Hall–Kier alpha value is -1.98. The molecule has 1 aliphatic rings. The van der Waals surface area contributed by atoms with E-state index in [2.05, 4.69) is 11.4 Å². The van der Waals surface area contributed by atoms with Crippen LogP contribution in [0.3, 0.4) is 0 Å². The van der Waals surface area contributed by atoms with Crippen molar-refractivity contribution in [1.29, 1.82) is 0 Å². The number of nitrogens with zero attached hydrogens (tertiary/aromatic N) is 1. The first-order valence-electron chi connectivity index (χ1n) is 11.5. The summed E-state index contributed by atoms with van der Waals surface area (Å²) in [5, 5.41) is 3.89. The molecule has 1 fully saturated rings. The second kappa shape index (κ2) is 12.3. The number of thioether (sulfide) groups is 1. The van der Waals surface area contributed by atoms with E-state index in [1.54, 1.807) is 16.7 Å². The normalized spacial score (nSPS) is 15.2. The number of nitrogens with one attached hydrogen (secondary N) is 1. The number of hydrogen-bond acceptors (Lipinski definition) is 3. The smallest absolute Gasteiger partial charge is 0.242 e. The second-order valence-electron chi connectivity index (χ2n) is 8.58. The molecule has 0 unspecified atom stereocenters. The molecule has 2 aromatic carbocycles. The lowest BCUT2D eigenvalue weighted by Gasteiger charge is -2.31. The van der Waals surface area contributed by atoms with Crippen LogP contribution in [0.1, 0.15) is 56.6 Å². The van der Waals surface area contributed by atoms with Crippen molar-refractivity contribution < 1.29 is 9.59 Å². The number of carbonyl (C=O) groups excluding carboxylic acids is 2. The van der Waals surface area contributed by atoms with E-state index in [1.165, 1.54) is 6.42 Å². The summed E-state index contributed by atoms with van der Waals surface area (Å²) in [6.45, 7) is 4.32. The standard InChI is InChI=1S/C26H33ClN2O2S/c1-19-7-6-8-21(17-19)18-29(20(2)26(31)28-23-9-4-3-5-10-23)25(30)15-16-32-24-13-11-22(27)12-14-24/h6-8,11-14,17,20,23H,3-5,9-10,15-16,18H2,1-2H3,(H,28,31)/t20-/m0/s1. The van der Waals surface area contributed by atoms with Crippen molar-refractivity contribution in [2.75, 3.05) is 5.75 Å². The minimum Gasteiger partial charge on any atom is -0.352 e. The van der Waals surface area contributed by atoms with Gasteiger partial charge in [0.15, 0.2) is 0 Å². The zero-order valence-electron chi connectivity index (χ0n) is 19.0. The number of amides is 2. The van der Waals surface area contributed by atoms with E-state index in [0.29, 0.717) is 23.7 Å². The average molecular weight is 473 g/mol. The Morgan fingerprint density at radius 2 is 1.84 bits per heavy atom. The molecule has 0 bridgehead atoms. The summed E-state index contributed by atoms with van der Waals surface area (Å²) in [7, 11) is 0. The van der Waals surface area contributed by atoms with Crippen LogP contribution in [0.4, 0.5) is 0 Å². The van der Waals surface area contributed by atoms with Gasteiger partial charge in [0.25, 0.3) is 0 Å². The molecule has 6 heteroatoms. The number of hydrogen-bond donors (Lipinski definition) is 1. The molecule has 3 rings (SSSR count). The van der Waals surface area contributed by atoms with Crippen LogP contribution in [-0.4, -0.2) is 34.6 Å². The monoisotopic (exact) mass is 472 g/mol. The molecule has 0 heterocycles. The van der Waals surface area contributed by atoms with Gasteiger partial charge in [0.1, 0.15) is 6.04 Å². The van der Waals surface area contributed by atoms with Gasteiger partial charge in [0.2, 0.25) is 11.8 Å². The summed E-state index contributed by atoms with van der Waals surface area (Å²) >= 11 is 7.58. The summed E-state index contributed by atoms with van der Waals surface area (Å²) in [5.41, 5.74) is 2.19. The van der Waals surface area contributed by atoms with Crippen LogP contribution < -0.4 is 5.32 Å². The third kappa shape index (κ3) is 7.56. The largest absolute Gasteiger partial charge is 0.352 e. The lowest BCUT2D eigenvalue weighted by atomic mass is 9.95. The van der Waals surface area contributed by atoms with Crippen molar-refractivity contribution in [3.63, 3.8) is 0 Å². The topological polar surface area (TPSA) is 49.4 Å². The summed E-state index contributed by atoms with van der Waals surface area (Å²) in [6.07, 6.45) is 6.00. The molecule has 32 heavy (non-hydrogen) atoms. The van der Waals surface area contributed by atoms with E-state index < -0.39 is 6.04 Å². The van der Waals surface area contributed by atoms with Gasteiger partial charge in [0.05, 0.1) is 0 Å². The fraction of sp³-hybridized carbons (Fsp3) is 0.462. The molecule has 1 atom stereocenters. The highest BCUT2D eigenvalue weighted by atomic mass is 35.5. The molecule has 0 aliphatic heterocycles. The van der Waals surface area contributed by atoms with Crippen molar-refractivity contribution in [3.8, 4) is 0 Å². The van der Waals surface area contributed by atoms with E-state index in [9.17, 15) is 9.59 Å². The first-order valence-corrected chi connectivity index (χ1v) is 12.8. The lowest BCUT2D eigenvalue weighted by molar-refractivity contribution is -0.140. The molecule has 0 aromatic heterocycles. The van der Waals surface area contributed by atoms with Crippen molar-refractivity contribution in [2.24, 2.45) is 0 Å². The summed E-state index contributed by atoms with van der Waals surface area (Å²) in [6, 6.07) is 15.5. The highest BCUT2D eigenvalue weighted by molar-refractivity contribution is 7.99. The van der Waals surface area contributed by atoms with Gasteiger partial charge in [-0.25, -0.2) is 0 Å². The molecule has 2 aromatic rings. The van der Waals surface area contributed by atoms with Gasteiger partial charge >= 0.3 is 0 Å². The summed E-state index contributed by atoms with van der Waals surface area (Å²) in [4.78, 5) is 29.1. The van der Waals surface area contributed by atoms with Crippen LogP contribution in [0.25, 0.3) is 0 Å². The van der Waals surface area contributed by atoms with Crippen LogP contribution in [0.5, 0.6) is 0 Å². The Kier molecular flexibility index (Phi) is 9.49. The number of carbonyl (C=O) groups is 2. The molecule has 1 saturated carbocycles. The van der Waals surface area contributed by atoms with Gasteiger partial charge in [-0.05, 0) is 56.5 Å². The Morgan fingerprint density at radius 3 is 2.53 bits per heavy atom. The molecule has 1 N–H and O–H groups in total. The highest BCUT2D eigenvalue weighted by Gasteiger charge is 2.27. The quantitative estimate of drug-likeness (QED) is 0.455. The summed E-state index contributed by atoms with van der Waals surface area (Å²) < 4.78 is 0. The van der Waals surface area contributed by atoms with Crippen molar-refractivity contribution in [3.05, 3.63) is 64.7 Å². The average Bonchev–Trinajstić information content (AvgIpc) is 2.79. The Morgan fingerprint density at radius 1 is 1.12 bits per heavy atom. The van der Waals surface area contributed by atoms with E-state index in [0.717, 1.165) is 41.7 Å². The maximum absolute atomic E-state index is 13.2. The predicted molar refractivity (Wildman–Crippen MR) is 133 cm³/mol. The number of aryl methyl sites for hydroxylation is 1. The van der Waals surface area contributed by atoms with E-state index in [-0.39, 0.29) is 17.9 Å². The molecule has 0 spiro atoms. The molecule has 4 nitrogen and oxygen atoms in total. The van der Waals surface area contributed by atoms with Crippen molar-refractivity contribution in [2.45, 2.75) is 75.9 Å². The van der Waals surface area contributed by atoms with Crippen molar-refractivity contribution in [1.82, 2.24) is 10.2 Å². The van der Waals surface area contributed by atoms with Crippen LogP contribution in [0.15, 0.2) is 53.4 Å². The van der Waals surface area contributed by atoms with Crippen LogP contribution >= 0.6 is 23.4 Å². The fourth-order valence-electron chi connectivity index (χ4n) is 4.09. The molecule has 172 valence electrons. The highest BCUT2D eigenvalue weighted by Crippen LogP contribution is 2.22. The Balaban J connectivity index is 1.64. The predicted octanol–water partition coefficient (Wildman–Crippen LogP) is 6.00. The van der Waals surface area contributed by atoms with Crippen LogP contribution in [0.2, 0.25) is 5.02 Å². The lowest BCUT2D eigenvalue weighted by Crippen LogP contribution is -2.50. The van der Waals surface area contributed by atoms with Crippen molar-refractivity contribution >= 4 is 35.2 Å². The van der Waals surface area contributed by atoms with Gasteiger partial charge in [0, 0.05) is 34.7 Å². The first kappa shape index (κ1) is 24.7. The molecule has 0 saturated heterocycles. The molecule has 0 radical (unpaired) electrons. The van der Waals surface area contributed by atoms with Gasteiger partial charge in [-0.3, -0.25) is 9.59 Å². The number of benzene rings is 2. The maximum Gasteiger partial charge on any atom is 0.242 e. The van der Waals surface area contributed by atoms with Gasteiger partial charge < -0.3 is 10.2 Å². The number of rotatable bonds is 9. The molecular formula is C26H33ClN2O2S. The molecular weight excluding hydrogens is 440 g/mol. The van der Waals surface area contributed by atoms with Crippen LogP contribution in [0, 0.1) is 6.92 Å². The number of halogens is 1. The molecule has 1 aliphatic carbocycles. The Bertz CT molecular complexity index is 897. The van der Waals surface area contributed by atoms with E-state index >= 15 is 0 Å². The van der Waals surface area contributed by atoms with E-state index in [1.807, 2.05) is 56.3 Å². The van der Waals surface area contributed by atoms with Crippen LogP contribution in [-0.2, 0) is 16.1 Å². The minimum absolute atomic E-state index is 0.000682. The zero-order chi connectivity index (χ0) is 22.9. The minimum atomic E-state index is -0.509. The fourth-order valence-corrected chi connectivity index (χ4v) is 5.06. The first-order chi connectivity index (χ1) is 15.4. The maximum atomic E-state index is 13.2. The third-order valence-electron chi connectivity index (χ3n) is 5.95. The van der Waals surface area contributed by atoms with Gasteiger partial charge in [-0.2, -0.15) is 0 Å². The third-order valence-corrected chi connectivity index (χ3v) is 7.22. The molecule has 2 amide bonds. The Labute approximate surface area is 201 Å². The second-order valence-corrected chi connectivity index (χ2v) is 10.2. The van der Waals surface area contributed by atoms with Gasteiger partial charge in [-0.15, -0.1) is 11.8 Å². The van der Waals surface area contributed by atoms with Gasteiger partial charge in [-0.1, -0.05) is 60.7 Å². The SMILES string of the molecule is Cc1cccc(CN(C(=O)CCSc2ccc(Cl)cc2)[C@@H](C)C(=O)NC2CCCCC2)c1. The zero-order valence-corrected chi connectivity index (χ0v) is 20.6. The van der Waals surface area contributed by atoms with E-state index in [4.69, 9.17) is 11.6 Å².